The molecule has 0 bridgehead atoms. The van der Waals surface area contributed by atoms with E-state index in [1.54, 1.807) is 0 Å². The highest BCUT2D eigenvalue weighted by molar-refractivity contribution is 5.76. The molecule has 0 heterocycles. The van der Waals surface area contributed by atoms with Crippen molar-refractivity contribution < 1.29 is 15.0 Å². The lowest BCUT2D eigenvalue weighted by Crippen LogP contribution is -2.34. The van der Waals surface area contributed by atoms with Crippen molar-refractivity contribution in [1.29, 1.82) is 0 Å². The Morgan fingerprint density at radius 2 is 1.53 bits per heavy atom. The fraction of sp³-hybridized carbons (Fsp3) is 0.929. The normalized spacial score (nSPS) is 12.7. The number of unbranched alkanes of at least 4 members (excludes halogenated alkanes) is 5. The van der Waals surface area contributed by atoms with Gasteiger partial charge in [-0.05, 0) is 25.3 Å². The third-order valence-electron chi connectivity index (χ3n) is 3.05. The van der Waals surface area contributed by atoms with Crippen molar-refractivity contribution >= 4 is 5.91 Å². The van der Waals surface area contributed by atoms with Crippen LogP contribution in [-0.4, -0.2) is 42.0 Å². The van der Waals surface area contributed by atoms with Crippen LogP contribution in [0.5, 0.6) is 0 Å². The zero-order chi connectivity index (χ0) is 14.5. The minimum Gasteiger partial charge on any atom is -0.387 e. The fourth-order valence-corrected chi connectivity index (χ4v) is 1.73. The Morgan fingerprint density at radius 3 is 2.05 bits per heavy atom. The molecular weight excluding hydrogens is 244 g/mol. The van der Waals surface area contributed by atoms with Crippen molar-refractivity contribution in [2.45, 2.75) is 58.6 Å². The summed E-state index contributed by atoms with van der Waals surface area (Å²) in [4.78, 5) is 10.7. The van der Waals surface area contributed by atoms with E-state index < -0.39 is 12.8 Å². The first-order valence-electron chi connectivity index (χ1n) is 7.37. The van der Waals surface area contributed by atoms with E-state index in [1.165, 1.54) is 19.3 Å². The first kappa shape index (κ1) is 18.4. The summed E-state index contributed by atoms with van der Waals surface area (Å²) in [6, 6.07) is 0. The molecular formula is C14H30N2O3. The van der Waals surface area contributed by atoms with Crippen LogP contribution in [-0.2, 0) is 4.79 Å². The Kier molecular flexibility index (Phi) is 12.0. The first-order chi connectivity index (χ1) is 9.07. The number of nitrogens with one attached hydrogen (secondary N) is 2. The molecule has 0 saturated carbocycles. The molecule has 0 aliphatic heterocycles. The highest BCUT2D eigenvalue weighted by Gasteiger charge is 2.06. The predicted octanol–water partition coefficient (Wildman–Crippen LogP) is 0.999. The number of carbonyl (C=O) groups excluding carboxylic acids is 1. The Morgan fingerprint density at radius 1 is 1.00 bits per heavy atom. The summed E-state index contributed by atoms with van der Waals surface area (Å²) < 4.78 is 0. The van der Waals surface area contributed by atoms with Gasteiger partial charge in [0.1, 0.15) is 12.8 Å². The number of hydrogen-bond acceptors (Lipinski definition) is 4. The zero-order valence-corrected chi connectivity index (χ0v) is 12.3. The lowest BCUT2D eigenvalue weighted by molar-refractivity contribution is -0.123. The Labute approximate surface area is 116 Å². The van der Waals surface area contributed by atoms with Crippen molar-refractivity contribution in [2.75, 3.05) is 19.7 Å². The van der Waals surface area contributed by atoms with Crippen LogP contribution in [0.4, 0.5) is 0 Å². The predicted molar refractivity (Wildman–Crippen MR) is 76.6 cm³/mol. The second-order valence-electron chi connectivity index (χ2n) is 5.27. The van der Waals surface area contributed by atoms with Gasteiger partial charge in [0.05, 0.1) is 0 Å². The van der Waals surface area contributed by atoms with Crippen LogP contribution in [0.2, 0.25) is 0 Å². The molecule has 0 aliphatic rings. The fourth-order valence-electron chi connectivity index (χ4n) is 1.73. The maximum Gasteiger partial charge on any atom is 0.245 e. The highest BCUT2D eigenvalue weighted by Crippen LogP contribution is 2.05. The third kappa shape index (κ3) is 12.1. The quantitative estimate of drug-likeness (QED) is 0.316. The minimum absolute atomic E-state index is 0.258. The standard InChI is InChI=1S/C14H30N2O3/c1-12(2)14(19)16-10-8-6-4-3-5-7-9-15-13(18)11-17/h12,14,16-17,19H,3-11H2,1-2H3,(H,15,18). The van der Waals surface area contributed by atoms with Gasteiger partial charge in [-0.25, -0.2) is 0 Å². The maximum absolute atomic E-state index is 10.7. The molecule has 4 N–H and O–H groups in total. The summed E-state index contributed by atoms with van der Waals surface area (Å²) in [5, 5.41) is 23.8. The van der Waals surface area contributed by atoms with Crippen molar-refractivity contribution in [3.05, 3.63) is 0 Å². The average molecular weight is 274 g/mol. The molecule has 1 atom stereocenters. The first-order valence-corrected chi connectivity index (χ1v) is 7.37. The molecule has 0 rings (SSSR count). The molecule has 0 saturated heterocycles. The van der Waals surface area contributed by atoms with Gasteiger partial charge in [0, 0.05) is 6.54 Å². The number of carbonyl (C=O) groups is 1. The molecule has 1 amide bonds. The van der Waals surface area contributed by atoms with Crippen LogP contribution in [0.3, 0.4) is 0 Å². The molecule has 0 spiro atoms. The van der Waals surface area contributed by atoms with E-state index >= 15 is 0 Å². The van der Waals surface area contributed by atoms with Crippen LogP contribution in [0.1, 0.15) is 52.4 Å². The summed E-state index contributed by atoms with van der Waals surface area (Å²) in [5.41, 5.74) is 0. The van der Waals surface area contributed by atoms with Gasteiger partial charge in [-0.15, -0.1) is 0 Å². The molecule has 5 nitrogen and oxygen atoms in total. The Bertz CT molecular complexity index is 223. The Balaban J connectivity index is 3.13. The summed E-state index contributed by atoms with van der Waals surface area (Å²) in [5.74, 6) is -0.0380. The number of aliphatic hydroxyl groups excluding tert-OH is 2. The monoisotopic (exact) mass is 274 g/mol. The summed E-state index contributed by atoms with van der Waals surface area (Å²) >= 11 is 0. The zero-order valence-electron chi connectivity index (χ0n) is 12.3. The minimum atomic E-state index is -0.421. The maximum atomic E-state index is 10.7. The van der Waals surface area contributed by atoms with E-state index in [2.05, 4.69) is 10.6 Å². The van der Waals surface area contributed by atoms with Crippen LogP contribution in [0.25, 0.3) is 0 Å². The van der Waals surface area contributed by atoms with Gasteiger partial charge in [0.2, 0.25) is 5.91 Å². The smallest absolute Gasteiger partial charge is 0.245 e. The molecule has 1 unspecified atom stereocenters. The lowest BCUT2D eigenvalue weighted by atomic mass is 10.1. The van der Waals surface area contributed by atoms with Gasteiger partial charge in [-0.1, -0.05) is 39.5 Å². The van der Waals surface area contributed by atoms with Crippen molar-refractivity contribution in [3.8, 4) is 0 Å². The van der Waals surface area contributed by atoms with E-state index in [0.717, 1.165) is 25.8 Å². The van der Waals surface area contributed by atoms with Crippen LogP contribution in [0, 0.1) is 5.92 Å². The van der Waals surface area contributed by atoms with Gasteiger partial charge in [0.25, 0.3) is 0 Å². The van der Waals surface area contributed by atoms with Gasteiger partial charge in [-0.2, -0.15) is 0 Å². The van der Waals surface area contributed by atoms with Crippen molar-refractivity contribution in [3.63, 3.8) is 0 Å². The second-order valence-corrected chi connectivity index (χ2v) is 5.27. The van der Waals surface area contributed by atoms with Crippen LogP contribution >= 0.6 is 0 Å². The number of amides is 1. The molecule has 0 aromatic rings. The van der Waals surface area contributed by atoms with Crippen LogP contribution in [0.15, 0.2) is 0 Å². The van der Waals surface area contributed by atoms with Gasteiger partial charge < -0.3 is 15.5 Å². The van der Waals surface area contributed by atoms with E-state index in [4.69, 9.17) is 5.11 Å². The van der Waals surface area contributed by atoms with E-state index in [1.807, 2.05) is 13.8 Å². The van der Waals surface area contributed by atoms with Gasteiger partial charge in [-0.3, -0.25) is 10.1 Å². The summed E-state index contributed by atoms with van der Waals surface area (Å²) in [7, 11) is 0. The van der Waals surface area contributed by atoms with E-state index in [-0.39, 0.29) is 11.8 Å². The molecule has 0 aromatic carbocycles. The van der Waals surface area contributed by atoms with E-state index in [0.29, 0.717) is 6.54 Å². The largest absolute Gasteiger partial charge is 0.387 e. The molecule has 19 heavy (non-hydrogen) atoms. The van der Waals surface area contributed by atoms with Crippen molar-refractivity contribution in [1.82, 2.24) is 10.6 Å². The molecule has 5 heteroatoms. The molecule has 0 aliphatic carbocycles. The van der Waals surface area contributed by atoms with Crippen molar-refractivity contribution in [2.24, 2.45) is 5.92 Å². The summed E-state index contributed by atoms with van der Waals surface area (Å²) in [6.45, 7) is 5.09. The molecule has 0 aromatic heterocycles. The number of rotatable bonds is 12. The molecule has 0 radical (unpaired) electrons. The summed E-state index contributed by atoms with van der Waals surface area (Å²) in [6.07, 6.45) is 6.29. The number of hydrogen-bond donors (Lipinski definition) is 4. The topological polar surface area (TPSA) is 81.6 Å². The molecule has 0 fully saturated rings. The van der Waals surface area contributed by atoms with Gasteiger partial charge >= 0.3 is 0 Å². The van der Waals surface area contributed by atoms with Crippen LogP contribution < -0.4 is 10.6 Å². The Hall–Kier alpha value is -0.650. The third-order valence-corrected chi connectivity index (χ3v) is 3.05. The highest BCUT2D eigenvalue weighted by atomic mass is 16.3. The average Bonchev–Trinajstić information content (AvgIpc) is 2.39. The molecule has 114 valence electrons. The van der Waals surface area contributed by atoms with E-state index in [9.17, 15) is 9.90 Å². The SMILES string of the molecule is CC(C)C(O)NCCCCCCCCNC(=O)CO. The second kappa shape index (κ2) is 12.4. The van der Waals surface area contributed by atoms with Gasteiger partial charge in [0.15, 0.2) is 0 Å². The number of aliphatic hydroxyl groups is 2. The lowest BCUT2D eigenvalue weighted by Gasteiger charge is -2.15.